The predicted molar refractivity (Wildman–Crippen MR) is 136 cm³/mol. The van der Waals surface area contributed by atoms with E-state index in [1.54, 1.807) is 12.1 Å². The second-order valence-electron chi connectivity index (χ2n) is 8.45. The molecule has 3 rings (SSSR count). The molecular weight excluding hydrogens is 468 g/mol. The third-order valence-electron chi connectivity index (χ3n) is 6.18. The van der Waals surface area contributed by atoms with Crippen LogP contribution in [-0.2, 0) is 16.4 Å². The smallest absolute Gasteiger partial charge is 0.231 e. The molecule has 10 heteroatoms. The Hall–Kier alpha value is -2.79. The number of sulfonamides is 1. The molecule has 1 aliphatic heterocycles. The zero-order chi connectivity index (χ0) is 25.0. The monoisotopic (exact) mass is 498 g/mol. The summed E-state index contributed by atoms with van der Waals surface area (Å²) in [5, 5.41) is 20.4. The molecule has 180 valence electrons. The summed E-state index contributed by atoms with van der Waals surface area (Å²) in [5.74, 6) is 0.630. The Morgan fingerprint density at radius 2 is 1.79 bits per heavy atom. The number of nitrogens with two attached hydrogens (primary N) is 1. The SMILES string of the molecule is CCc1c(C#N)c(SC(C)c2ccc(N(C)S(C)(=O)=O)cc2)nc(N2CCC(N)CC2)c1C#N. The molecule has 2 aromatic rings. The van der Waals surface area contributed by atoms with Crippen LogP contribution in [-0.4, -0.2) is 45.8 Å². The molecule has 0 bridgehead atoms. The van der Waals surface area contributed by atoms with Gasteiger partial charge in [-0.2, -0.15) is 10.5 Å². The van der Waals surface area contributed by atoms with Crippen LogP contribution < -0.4 is 14.9 Å². The van der Waals surface area contributed by atoms with Gasteiger partial charge < -0.3 is 10.6 Å². The largest absolute Gasteiger partial charge is 0.355 e. The van der Waals surface area contributed by atoms with Crippen LogP contribution in [0.2, 0.25) is 0 Å². The van der Waals surface area contributed by atoms with E-state index < -0.39 is 10.0 Å². The molecule has 0 saturated carbocycles. The molecule has 0 amide bonds. The highest BCUT2D eigenvalue weighted by atomic mass is 32.2. The summed E-state index contributed by atoms with van der Waals surface area (Å²) in [4.78, 5) is 6.93. The summed E-state index contributed by atoms with van der Waals surface area (Å²) < 4.78 is 24.8. The first-order chi connectivity index (χ1) is 16.1. The van der Waals surface area contributed by atoms with E-state index in [1.165, 1.54) is 23.1 Å². The number of benzene rings is 1. The van der Waals surface area contributed by atoms with Crippen molar-refractivity contribution in [3.63, 3.8) is 0 Å². The van der Waals surface area contributed by atoms with E-state index in [0.717, 1.165) is 43.3 Å². The van der Waals surface area contributed by atoms with Gasteiger partial charge in [-0.1, -0.05) is 30.8 Å². The van der Waals surface area contributed by atoms with Gasteiger partial charge in [0.2, 0.25) is 10.0 Å². The first-order valence-corrected chi connectivity index (χ1v) is 13.9. The summed E-state index contributed by atoms with van der Waals surface area (Å²) in [7, 11) is -1.82. The second-order valence-corrected chi connectivity index (χ2v) is 11.8. The van der Waals surface area contributed by atoms with Crippen LogP contribution in [0.3, 0.4) is 0 Å². The maximum Gasteiger partial charge on any atom is 0.231 e. The minimum Gasteiger partial charge on any atom is -0.355 e. The Morgan fingerprint density at radius 3 is 2.29 bits per heavy atom. The number of rotatable bonds is 7. The number of thioether (sulfide) groups is 1. The topological polar surface area (TPSA) is 127 Å². The van der Waals surface area contributed by atoms with Crippen LogP contribution in [0.25, 0.3) is 0 Å². The van der Waals surface area contributed by atoms with Gasteiger partial charge in [-0.15, -0.1) is 0 Å². The van der Waals surface area contributed by atoms with Gasteiger partial charge in [0.15, 0.2) is 0 Å². The normalized spacial score (nSPS) is 15.4. The molecule has 1 fully saturated rings. The Labute approximate surface area is 206 Å². The molecule has 1 saturated heterocycles. The molecule has 34 heavy (non-hydrogen) atoms. The number of piperidine rings is 1. The van der Waals surface area contributed by atoms with E-state index in [-0.39, 0.29) is 11.3 Å². The Bertz CT molecular complexity index is 1220. The molecule has 1 atom stereocenters. The summed E-state index contributed by atoms with van der Waals surface area (Å²) >= 11 is 1.47. The van der Waals surface area contributed by atoms with Crippen LogP contribution in [0, 0.1) is 22.7 Å². The van der Waals surface area contributed by atoms with Gasteiger partial charge in [0.1, 0.15) is 23.0 Å². The van der Waals surface area contributed by atoms with Crippen molar-refractivity contribution in [2.24, 2.45) is 5.73 Å². The lowest BCUT2D eigenvalue weighted by molar-refractivity contribution is 0.497. The van der Waals surface area contributed by atoms with Crippen LogP contribution in [0.1, 0.15) is 54.2 Å². The Balaban J connectivity index is 1.96. The van der Waals surface area contributed by atoms with E-state index in [0.29, 0.717) is 34.1 Å². The predicted octanol–water partition coefficient (Wildman–Crippen LogP) is 3.56. The lowest BCUT2D eigenvalue weighted by atomic mass is 10.00. The van der Waals surface area contributed by atoms with E-state index in [2.05, 4.69) is 17.0 Å². The number of pyridine rings is 1. The minimum absolute atomic E-state index is 0.0440. The van der Waals surface area contributed by atoms with Crippen molar-refractivity contribution in [1.82, 2.24) is 4.98 Å². The Kier molecular flexibility index (Phi) is 8.09. The Morgan fingerprint density at radius 1 is 1.21 bits per heavy atom. The van der Waals surface area contributed by atoms with Gasteiger partial charge in [0.25, 0.3) is 0 Å². The molecule has 1 aromatic carbocycles. The fourth-order valence-electron chi connectivity index (χ4n) is 3.99. The van der Waals surface area contributed by atoms with E-state index in [9.17, 15) is 18.9 Å². The standard InChI is InChI=1S/C24H30N6O2S2/c1-5-20-21(14-25)23(30-12-10-18(27)11-13-30)28-24(22(20)15-26)33-16(2)17-6-8-19(9-7-17)29(3)34(4,31)32/h6-9,16,18H,5,10-13,27H2,1-4H3. The summed E-state index contributed by atoms with van der Waals surface area (Å²) in [6.07, 6.45) is 3.39. The van der Waals surface area contributed by atoms with E-state index >= 15 is 0 Å². The van der Waals surface area contributed by atoms with E-state index in [4.69, 9.17) is 10.7 Å². The average molecular weight is 499 g/mol. The molecule has 8 nitrogen and oxygen atoms in total. The maximum atomic E-state index is 11.8. The van der Waals surface area contributed by atoms with Gasteiger partial charge in [0.05, 0.1) is 23.1 Å². The molecule has 1 unspecified atom stereocenters. The highest BCUT2D eigenvalue weighted by Crippen LogP contribution is 2.40. The number of aromatic nitrogens is 1. The first-order valence-electron chi connectivity index (χ1n) is 11.2. The van der Waals surface area contributed by atoms with Crippen molar-refractivity contribution in [2.45, 2.75) is 49.4 Å². The van der Waals surface area contributed by atoms with Crippen LogP contribution in [0.15, 0.2) is 29.3 Å². The van der Waals surface area contributed by atoms with Crippen molar-refractivity contribution < 1.29 is 8.42 Å². The van der Waals surface area contributed by atoms with Gasteiger partial charge in [0, 0.05) is 31.4 Å². The molecule has 2 heterocycles. The summed E-state index contributed by atoms with van der Waals surface area (Å²) in [6, 6.07) is 12.0. The number of nitriles is 2. The molecular formula is C24H30N6O2S2. The molecule has 1 aromatic heterocycles. The molecule has 0 spiro atoms. The second kappa shape index (κ2) is 10.6. The number of anilines is 2. The van der Waals surface area contributed by atoms with Crippen LogP contribution in [0.4, 0.5) is 11.5 Å². The van der Waals surface area contributed by atoms with Crippen LogP contribution >= 0.6 is 11.8 Å². The quantitative estimate of drug-likeness (QED) is 0.574. The number of hydrogen-bond donors (Lipinski definition) is 1. The highest BCUT2D eigenvalue weighted by molar-refractivity contribution is 7.99. The number of hydrogen-bond acceptors (Lipinski definition) is 8. The first kappa shape index (κ1) is 25.8. The average Bonchev–Trinajstić information content (AvgIpc) is 2.82. The van der Waals surface area contributed by atoms with Gasteiger partial charge in [-0.3, -0.25) is 4.31 Å². The third kappa shape index (κ3) is 5.47. The number of nitrogens with zero attached hydrogens (tertiary/aromatic N) is 5. The molecule has 2 N–H and O–H groups in total. The zero-order valence-electron chi connectivity index (χ0n) is 19.9. The van der Waals surface area contributed by atoms with Crippen molar-refractivity contribution in [1.29, 1.82) is 10.5 Å². The molecule has 0 aliphatic carbocycles. The van der Waals surface area contributed by atoms with Crippen molar-refractivity contribution in [3.8, 4) is 12.1 Å². The maximum absolute atomic E-state index is 11.8. The highest BCUT2D eigenvalue weighted by Gasteiger charge is 2.26. The van der Waals surface area contributed by atoms with Crippen molar-refractivity contribution >= 4 is 33.3 Å². The fraction of sp³-hybridized carbons (Fsp3) is 0.458. The lowest BCUT2D eigenvalue weighted by Gasteiger charge is -2.32. The zero-order valence-corrected chi connectivity index (χ0v) is 21.6. The summed E-state index contributed by atoms with van der Waals surface area (Å²) in [6.45, 7) is 5.42. The van der Waals surface area contributed by atoms with Crippen molar-refractivity contribution in [3.05, 3.63) is 46.5 Å². The van der Waals surface area contributed by atoms with Crippen molar-refractivity contribution in [2.75, 3.05) is 35.6 Å². The third-order valence-corrected chi connectivity index (χ3v) is 8.53. The van der Waals surface area contributed by atoms with Gasteiger partial charge in [-0.05, 0) is 49.4 Å². The van der Waals surface area contributed by atoms with Gasteiger partial charge >= 0.3 is 0 Å². The minimum atomic E-state index is -3.34. The van der Waals surface area contributed by atoms with E-state index in [1.807, 2.05) is 26.0 Å². The molecule has 0 radical (unpaired) electrons. The van der Waals surface area contributed by atoms with Crippen LogP contribution in [0.5, 0.6) is 0 Å². The van der Waals surface area contributed by atoms with Gasteiger partial charge in [-0.25, -0.2) is 13.4 Å². The summed E-state index contributed by atoms with van der Waals surface area (Å²) in [5.41, 5.74) is 9.27. The fourth-order valence-corrected chi connectivity index (χ4v) is 5.55. The molecule has 1 aliphatic rings. The lowest BCUT2D eigenvalue weighted by Crippen LogP contribution is -2.40.